The minimum Gasteiger partial charge on any atom is -0.480 e. The van der Waals surface area contributed by atoms with Crippen molar-refractivity contribution in [3.05, 3.63) is 0 Å². The van der Waals surface area contributed by atoms with Gasteiger partial charge in [0.05, 0.1) is 6.26 Å². The first-order chi connectivity index (χ1) is 8.06. The smallest absolute Gasteiger partial charge is 0.323 e. The van der Waals surface area contributed by atoms with E-state index in [1.165, 1.54) is 10.6 Å². The molecule has 18 heavy (non-hydrogen) atoms. The molecule has 1 fully saturated rings. The fourth-order valence-electron chi connectivity index (χ4n) is 2.17. The topological polar surface area (TPSA) is 77.9 Å². The van der Waals surface area contributed by atoms with E-state index in [4.69, 9.17) is 0 Å². The molecule has 1 N–H and O–H groups in total. The average Bonchev–Trinajstić information content (AvgIpc) is 2.26. The maximum atomic E-state index is 11.4. The van der Waals surface area contributed by atoms with Crippen LogP contribution in [0.4, 0.5) is 0 Å². The molecule has 0 radical (unpaired) electrons. The van der Waals surface area contributed by atoms with Gasteiger partial charge in [0.25, 0.3) is 0 Å². The molecule has 0 aromatic heterocycles. The lowest BCUT2D eigenvalue weighted by Gasteiger charge is -2.41. The minimum absolute atomic E-state index is 0.106. The summed E-state index contributed by atoms with van der Waals surface area (Å²) in [5.41, 5.74) is -0.933. The van der Waals surface area contributed by atoms with Crippen LogP contribution in [-0.4, -0.2) is 66.7 Å². The second-order valence-corrected chi connectivity index (χ2v) is 7.35. The Balaban J connectivity index is 2.66. The Morgan fingerprint density at radius 2 is 1.78 bits per heavy atom. The van der Waals surface area contributed by atoms with E-state index in [2.05, 4.69) is 0 Å². The van der Waals surface area contributed by atoms with Gasteiger partial charge in [0, 0.05) is 19.1 Å². The number of hydrogen-bond donors (Lipinski definition) is 1. The van der Waals surface area contributed by atoms with Crippen LogP contribution in [0.15, 0.2) is 0 Å². The molecular formula is C11H22N2O4S. The van der Waals surface area contributed by atoms with Crippen molar-refractivity contribution in [1.82, 2.24) is 9.21 Å². The van der Waals surface area contributed by atoms with Crippen LogP contribution in [0.25, 0.3) is 0 Å². The highest BCUT2D eigenvalue weighted by Crippen LogP contribution is 2.24. The molecule has 1 heterocycles. The molecule has 0 bridgehead atoms. The van der Waals surface area contributed by atoms with E-state index in [1.54, 1.807) is 20.9 Å². The Morgan fingerprint density at radius 1 is 1.33 bits per heavy atom. The SMILES string of the molecule is CN(C1CCN(S(C)(=O)=O)CC1)C(C)(C)C(=O)O. The quantitative estimate of drug-likeness (QED) is 0.795. The van der Waals surface area contributed by atoms with Gasteiger partial charge in [-0.1, -0.05) is 0 Å². The van der Waals surface area contributed by atoms with E-state index in [0.29, 0.717) is 25.9 Å². The molecule has 1 aliphatic heterocycles. The predicted molar refractivity (Wildman–Crippen MR) is 68.9 cm³/mol. The Bertz CT molecular complexity index is 411. The Hall–Kier alpha value is -0.660. The molecule has 0 unspecified atom stereocenters. The van der Waals surface area contributed by atoms with Crippen molar-refractivity contribution in [3.63, 3.8) is 0 Å². The van der Waals surface area contributed by atoms with Crippen molar-refractivity contribution < 1.29 is 18.3 Å². The summed E-state index contributed by atoms with van der Waals surface area (Å²) in [6, 6.07) is 0.106. The normalized spacial score (nSPS) is 20.3. The minimum atomic E-state index is -3.13. The molecule has 0 atom stereocenters. The lowest BCUT2D eigenvalue weighted by atomic mass is 9.96. The molecule has 0 aliphatic carbocycles. The average molecular weight is 278 g/mol. The molecule has 0 amide bonds. The summed E-state index contributed by atoms with van der Waals surface area (Å²) in [5, 5.41) is 9.18. The summed E-state index contributed by atoms with van der Waals surface area (Å²) in [6.07, 6.45) is 2.54. The number of sulfonamides is 1. The van der Waals surface area contributed by atoms with Gasteiger partial charge in [0.15, 0.2) is 0 Å². The van der Waals surface area contributed by atoms with Gasteiger partial charge < -0.3 is 5.11 Å². The molecule has 1 aliphatic rings. The van der Waals surface area contributed by atoms with Crippen LogP contribution in [0.5, 0.6) is 0 Å². The number of carboxylic acid groups (broad SMARTS) is 1. The highest BCUT2D eigenvalue weighted by molar-refractivity contribution is 7.88. The van der Waals surface area contributed by atoms with Crippen LogP contribution in [0, 0.1) is 0 Å². The molecule has 1 rings (SSSR count). The van der Waals surface area contributed by atoms with Crippen LogP contribution in [0.2, 0.25) is 0 Å². The van der Waals surface area contributed by atoms with Gasteiger partial charge in [-0.15, -0.1) is 0 Å². The van der Waals surface area contributed by atoms with Gasteiger partial charge in [-0.2, -0.15) is 0 Å². The van der Waals surface area contributed by atoms with Crippen molar-refractivity contribution >= 4 is 16.0 Å². The third-order valence-electron chi connectivity index (χ3n) is 3.85. The fraction of sp³-hybridized carbons (Fsp3) is 0.909. The van der Waals surface area contributed by atoms with Crippen molar-refractivity contribution in [3.8, 4) is 0 Å². The lowest BCUT2D eigenvalue weighted by Crippen LogP contribution is -2.55. The predicted octanol–water partition coefficient (Wildman–Crippen LogP) is 0.205. The van der Waals surface area contributed by atoms with Crippen LogP contribution >= 0.6 is 0 Å². The molecule has 0 aromatic carbocycles. The van der Waals surface area contributed by atoms with E-state index < -0.39 is 21.5 Å². The third-order valence-corrected chi connectivity index (χ3v) is 5.15. The zero-order valence-electron chi connectivity index (χ0n) is 11.4. The molecule has 106 valence electrons. The molecule has 0 spiro atoms. The largest absolute Gasteiger partial charge is 0.480 e. The molecule has 0 aromatic rings. The summed E-state index contributed by atoms with van der Waals surface area (Å²) in [5.74, 6) is -0.865. The molecule has 0 saturated carbocycles. The number of carboxylic acids is 1. The molecule has 7 heteroatoms. The van der Waals surface area contributed by atoms with E-state index in [1.807, 2.05) is 4.90 Å². The van der Waals surface area contributed by atoms with Gasteiger partial charge in [-0.3, -0.25) is 9.69 Å². The summed E-state index contributed by atoms with van der Waals surface area (Å²) in [4.78, 5) is 13.0. The van der Waals surface area contributed by atoms with Crippen molar-refractivity contribution in [2.75, 3.05) is 26.4 Å². The van der Waals surface area contributed by atoms with E-state index in [9.17, 15) is 18.3 Å². The highest BCUT2D eigenvalue weighted by atomic mass is 32.2. The van der Waals surface area contributed by atoms with Crippen LogP contribution in [0.1, 0.15) is 26.7 Å². The van der Waals surface area contributed by atoms with Crippen molar-refractivity contribution in [2.45, 2.75) is 38.3 Å². The molecule has 6 nitrogen and oxygen atoms in total. The number of piperidine rings is 1. The lowest BCUT2D eigenvalue weighted by molar-refractivity contribution is -0.150. The standard InChI is InChI=1S/C11H22N2O4S/c1-11(2,10(14)15)12(3)9-5-7-13(8-6-9)18(4,16)17/h9H,5-8H2,1-4H3,(H,14,15). The number of carbonyl (C=O) groups is 1. The Kier molecular flexibility index (Phi) is 4.40. The van der Waals surface area contributed by atoms with Gasteiger partial charge in [0.1, 0.15) is 5.54 Å². The van der Waals surface area contributed by atoms with Gasteiger partial charge in [-0.05, 0) is 33.7 Å². The van der Waals surface area contributed by atoms with Gasteiger partial charge >= 0.3 is 5.97 Å². The van der Waals surface area contributed by atoms with Gasteiger partial charge in [-0.25, -0.2) is 12.7 Å². The van der Waals surface area contributed by atoms with E-state index >= 15 is 0 Å². The highest BCUT2D eigenvalue weighted by Gasteiger charge is 2.38. The fourth-order valence-corrected chi connectivity index (χ4v) is 3.04. The maximum absolute atomic E-state index is 11.4. The number of rotatable bonds is 4. The van der Waals surface area contributed by atoms with Gasteiger partial charge in [0.2, 0.25) is 10.0 Å². The van der Waals surface area contributed by atoms with Crippen LogP contribution in [-0.2, 0) is 14.8 Å². The van der Waals surface area contributed by atoms with E-state index in [0.717, 1.165) is 0 Å². The number of aliphatic carboxylic acids is 1. The molecule has 1 saturated heterocycles. The Morgan fingerprint density at radius 3 is 2.11 bits per heavy atom. The first-order valence-electron chi connectivity index (χ1n) is 5.98. The van der Waals surface area contributed by atoms with Crippen molar-refractivity contribution in [2.24, 2.45) is 0 Å². The first kappa shape index (κ1) is 15.4. The zero-order valence-corrected chi connectivity index (χ0v) is 12.2. The van der Waals surface area contributed by atoms with E-state index in [-0.39, 0.29) is 6.04 Å². The van der Waals surface area contributed by atoms with Crippen LogP contribution < -0.4 is 0 Å². The first-order valence-corrected chi connectivity index (χ1v) is 7.83. The maximum Gasteiger partial charge on any atom is 0.323 e. The summed E-state index contributed by atoms with van der Waals surface area (Å²) >= 11 is 0. The third kappa shape index (κ3) is 3.21. The van der Waals surface area contributed by atoms with Crippen molar-refractivity contribution in [1.29, 1.82) is 0 Å². The number of nitrogens with zero attached hydrogens (tertiary/aromatic N) is 2. The summed E-state index contributed by atoms with van der Waals surface area (Å²) in [7, 11) is -1.34. The summed E-state index contributed by atoms with van der Waals surface area (Å²) < 4.78 is 24.2. The number of hydrogen-bond acceptors (Lipinski definition) is 4. The van der Waals surface area contributed by atoms with Crippen LogP contribution in [0.3, 0.4) is 0 Å². The molecular weight excluding hydrogens is 256 g/mol. The second-order valence-electron chi connectivity index (χ2n) is 5.37. The number of likely N-dealkylation sites (N-methyl/N-ethyl adjacent to an activating group) is 1. The Labute approximate surface area is 109 Å². The zero-order chi connectivity index (χ0) is 14.1. The monoisotopic (exact) mass is 278 g/mol. The second kappa shape index (κ2) is 5.14. The summed E-state index contributed by atoms with van der Waals surface area (Å²) in [6.45, 7) is 4.25.